The molecule has 2 heterocycles. The lowest BCUT2D eigenvalue weighted by Crippen LogP contribution is -2.64. The van der Waals surface area contributed by atoms with Crippen LogP contribution in [-0.2, 0) is 46.4 Å². The highest BCUT2D eigenvalue weighted by molar-refractivity contribution is 5.79. The van der Waals surface area contributed by atoms with Gasteiger partial charge in [-0.1, -0.05) is 30.3 Å². The van der Waals surface area contributed by atoms with Gasteiger partial charge in [-0.25, -0.2) is 4.79 Å². The van der Waals surface area contributed by atoms with Crippen LogP contribution >= 0.6 is 0 Å². The average Bonchev–Trinajstić information content (AvgIpc) is 3.39. The Bertz CT molecular complexity index is 1330. The van der Waals surface area contributed by atoms with E-state index < -0.39 is 46.8 Å². The molecular weight excluding hydrogens is 638 g/mol. The zero-order valence-corrected chi connectivity index (χ0v) is 26.0. The van der Waals surface area contributed by atoms with Crippen LogP contribution in [0.25, 0.3) is 0 Å². The topological polar surface area (TPSA) is 95.6 Å². The fourth-order valence-corrected chi connectivity index (χ4v) is 5.94. The lowest BCUT2D eigenvalue weighted by Gasteiger charge is -2.52. The molecule has 2 fully saturated rings. The van der Waals surface area contributed by atoms with E-state index in [2.05, 4.69) is 5.32 Å². The Morgan fingerprint density at radius 1 is 0.915 bits per heavy atom. The molecule has 2 aliphatic rings. The van der Waals surface area contributed by atoms with Crippen LogP contribution in [0.4, 0.5) is 31.1 Å². The SMILES string of the molecule is COCCOCCOC(=O)OCN1C[C@@]2(CCC(=O)N2)CC[C@@]1(CO[C@H](C)c1cc(C(F)(F)F)cc(C(F)(F)F)c1)c1ccccc1. The Hall–Kier alpha value is -3.40. The van der Waals surface area contributed by atoms with E-state index in [1.165, 1.54) is 14.0 Å². The number of nitrogens with one attached hydrogen (secondary N) is 1. The number of amides is 1. The van der Waals surface area contributed by atoms with Crippen molar-refractivity contribution in [2.45, 2.75) is 62.1 Å². The number of ether oxygens (including phenoxy) is 5. The minimum Gasteiger partial charge on any atom is -0.432 e. The molecule has 2 aliphatic heterocycles. The van der Waals surface area contributed by atoms with Crippen molar-refractivity contribution in [3.63, 3.8) is 0 Å². The summed E-state index contributed by atoms with van der Waals surface area (Å²) in [4.78, 5) is 26.6. The van der Waals surface area contributed by atoms with Crippen LogP contribution < -0.4 is 5.32 Å². The van der Waals surface area contributed by atoms with Crippen LogP contribution in [0, 0.1) is 0 Å². The zero-order chi connectivity index (χ0) is 34.3. The summed E-state index contributed by atoms with van der Waals surface area (Å²) in [7, 11) is 1.52. The van der Waals surface area contributed by atoms with Crippen molar-refractivity contribution in [1.29, 1.82) is 0 Å². The number of carbonyl (C=O) groups is 2. The van der Waals surface area contributed by atoms with E-state index in [-0.39, 0.29) is 50.6 Å². The number of methoxy groups -OCH3 is 1. The predicted molar refractivity (Wildman–Crippen MR) is 155 cm³/mol. The van der Waals surface area contributed by atoms with Gasteiger partial charge in [0.1, 0.15) is 13.3 Å². The molecule has 1 amide bonds. The number of alkyl halides is 6. The number of rotatable bonds is 13. The molecule has 260 valence electrons. The van der Waals surface area contributed by atoms with E-state index in [4.69, 9.17) is 23.7 Å². The molecular formula is C32H38F6N2O7. The summed E-state index contributed by atoms with van der Waals surface area (Å²) in [5, 5.41) is 3.03. The molecule has 0 radical (unpaired) electrons. The van der Waals surface area contributed by atoms with Crippen LogP contribution in [0.5, 0.6) is 0 Å². The van der Waals surface area contributed by atoms with Gasteiger partial charge in [0.2, 0.25) is 5.91 Å². The normalized spacial score (nSPS) is 22.7. The molecule has 9 nitrogen and oxygen atoms in total. The quantitative estimate of drug-likeness (QED) is 0.152. The molecule has 2 aromatic carbocycles. The standard InChI is InChI=1S/C32H38F6N2O7/c1-22(23-16-25(31(33,34)35)18-26(17-23)32(36,37)38)46-20-30(24-6-4-3-5-7-24)11-10-29(9-8-27(41)39-29)19-40(30)21-47-28(42)45-15-14-44-13-12-43-2/h3-7,16-18,22H,8-15,19-21H2,1-2H3,(H,39,41)/t22-,29-,30-/m1/s1. The number of benzene rings is 2. The fraction of sp³-hybridized carbons (Fsp3) is 0.562. The molecule has 3 atom stereocenters. The number of hydrogen-bond donors (Lipinski definition) is 1. The zero-order valence-electron chi connectivity index (χ0n) is 26.0. The van der Waals surface area contributed by atoms with E-state index in [0.29, 0.717) is 51.0 Å². The van der Waals surface area contributed by atoms with Gasteiger partial charge < -0.3 is 29.0 Å². The number of hydrogen-bond acceptors (Lipinski definition) is 8. The van der Waals surface area contributed by atoms with E-state index in [0.717, 1.165) is 5.56 Å². The molecule has 15 heteroatoms. The van der Waals surface area contributed by atoms with Gasteiger partial charge in [0.15, 0.2) is 0 Å². The smallest absolute Gasteiger partial charge is 0.432 e. The van der Waals surface area contributed by atoms with Gasteiger partial charge in [-0.3, -0.25) is 9.69 Å². The molecule has 0 unspecified atom stereocenters. The van der Waals surface area contributed by atoms with E-state index >= 15 is 0 Å². The Kier molecular flexibility index (Phi) is 11.8. The maximum atomic E-state index is 13.6. The molecule has 1 spiro atoms. The molecule has 4 rings (SSSR count). The molecule has 2 aromatic rings. The molecule has 0 bridgehead atoms. The highest BCUT2D eigenvalue weighted by Crippen LogP contribution is 2.45. The lowest BCUT2D eigenvalue weighted by molar-refractivity contribution is -0.143. The fourth-order valence-electron chi connectivity index (χ4n) is 5.94. The lowest BCUT2D eigenvalue weighted by atomic mass is 9.74. The van der Waals surface area contributed by atoms with Gasteiger partial charge in [-0.05, 0) is 55.5 Å². The van der Waals surface area contributed by atoms with Crippen molar-refractivity contribution in [2.24, 2.45) is 0 Å². The monoisotopic (exact) mass is 676 g/mol. The summed E-state index contributed by atoms with van der Waals surface area (Å²) >= 11 is 0. The third-order valence-electron chi connectivity index (χ3n) is 8.53. The third kappa shape index (κ3) is 9.36. The molecule has 1 N–H and O–H groups in total. The van der Waals surface area contributed by atoms with Gasteiger partial charge in [0, 0.05) is 20.1 Å². The number of nitrogens with zero attached hydrogens (tertiary/aromatic N) is 1. The minimum absolute atomic E-state index is 0.0715. The minimum atomic E-state index is -5.01. The molecule has 0 aromatic heterocycles. The summed E-state index contributed by atoms with van der Waals surface area (Å²) in [6.07, 6.45) is -10.5. The molecule has 0 aliphatic carbocycles. The van der Waals surface area contributed by atoms with Crippen LogP contribution in [-0.4, -0.2) is 75.9 Å². The maximum absolute atomic E-state index is 13.6. The first-order valence-corrected chi connectivity index (χ1v) is 15.1. The van der Waals surface area contributed by atoms with Crippen LogP contribution in [0.2, 0.25) is 0 Å². The molecule has 47 heavy (non-hydrogen) atoms. The maximum Gasteiger partial charge on any atom is 0.509 e. The van der Waals surface area contributed by atoms with E-state index in [1.807, 2.05) is 12.1 Å². The summed E-state index contributed by atoms with van der Waals surface area (Å²) in [6, 6.07) is 10.3. The highest BCUT2D eigenvalue weighted by atomic mass is 19.4. The second-order valence-electron chi connectivity index (χ2n) is 11.7. The second kappa shape index (κ2) is 15.2. The van der Waals surface area contributed by atoms with Gasteiger partial charge in [0.25, 0.3) is 0 Å². The van der Waals surface area contributed by atoms with Crippen molar-refractivity contribution in [3.05, 3.63) is 70.8 Å². The van der Waals surface area contributed by atoms with Gasteiger partial charge >= 0.3 is 18.5 Å². The van der Waals surface area contributed by atoms with Crippen LogP contribution in [0.15, 0.2) is 48.5 Å². The summed E-state index contributed by atoms with van der Waals surface area (Å²) < 4.78 is 108. The van der Waals surface area contributed by atoms with Gasteiger partial charge in [-0.2, -0.15) is 26.3 Å². The number of likely N-dealkylation sites (tertiary alicyclic amines) is 1. The van der Waals surface area contributed by atoms with E-state index in [1.54, 1.807) is 23.1 Å². The second-order valence-corrected chi connectivity index (χ2v) is 11.7. The van der Waals surface area contributed by atoms with Crippen molar-refractivity contribution in [3.8, 4) is 0 Å². The van der Waals surface area contributed by atoms with Gasteiger partial charge in [-0.15, -0.1) is 0 Å². The van der Waals surface area contributed by atoms with Gasteiger partial charge in [0.05, 0.1) is 54.7 Å². The van der Waals surface area contributed by atoms with Crippen molar-refractivity contribution < 1.29 is 59.6 Å². The first-order chi connectivity index (χ1) is 22.2. The Labute approximate surface area is 268 Å². The Morgan fingerprint density at radius 3 is 2.17 bits per heavy atom. The molecule has 2 saturated heterocycles. The number of carbonyl (C=O) groups excluding carboxylic acids is 2. The van der Waals surface area contributed by atoms with Crippen molar-refractivity contribution in [2.75, 3.05) is 53.4 Å². The highest BCUT2D eigenvalue weighted by Gasteiger charge is 2.52. The largest absolute Gasteiger partial charge is 0.509 e. The summed E-state index contributed by atoms with van der Waals surface area (Å²) in [5.74, 6) is -0.124. The van der Waals surface area contributed by atoms with Crippen LogP contribution in [0.3, 0.4) is 0 Å². The first-order valence-electron chi connectivity index (χ1n) is 15.1. The van der Waals surface area contributed by atoms with Crippen molar-refractivity contribution in [1.82, 2.24) is 10.2 Å². The number of halogens is 6. The summed E-state index contributed by atoms with van der Waals surface area (Å²) in [5.41, 5.74) is -4.15. The first kappa shape index (κ1) is 36.4. The van der Waals surface area contributed by atoms with E-state index in [9.17, 15) is 35.9 Å². The molecule has 0 saturated carbocycles. The number of piperidine rings is 1. The van der Waals surface area contributed by atoms with Crippen molar-refractivity contribution >= 4 is 12.1 Å². The average molecular weight is 677 g/mol. The van der Waals surface area contributed by atoms with Crippen LogP contribution in [0.1, 0.15) is 61.0 Å². The Balaban J connectivity index is 1.59. The third-order valence-corrected chi connectivity index (χ3v) is 8.53. The Morgan fingerprint density at radius 2 is 1.57 bits per heavy atom. The summed E-state index contributed by atoms with van der Waals surface area (Å²) in [6.45, 7) is 1.82. The predicted octanol–water partition coefficient (Wildman–Crippen LogP) is 6.22.